The molecule has 2 unspecified atom stereocenters. The van der Waals surface area contributed by atoms with E-state index in [1.54, 1.807) is 6.20 Å². The van der Waals surface area contributed by atoms with E-state index in [1.165, 1.54) is 12.8 Å². The largest absolute Gasteiger partial charge is 0.489 e. The van der Waals surface area contributed by atoms with E-state index in [4.69, 9.17) is 15.9 Å². The Morgan fingerprint density at radius 1 is 1.33 bits per heavy atom. The number of aromatic nitrogens is 1. The van der Waals surface area contributed by atoms with Crippen LogP contribution in [0.4, 0.5) is 0 Å². The number of hydrogen-bond acceptors (Lipinski definition) is 3. The van der Waals surface area contributed by atoms with Gasteiger partial charge in [0.15, 0.2) is 0 Å². The van der Waals surface area contributed by atoms with Crippen LogP contribution in [0.2, 0.25) is 0 Å². The molecule has 1 aliphatic rings. The molecule has 2 atom stereocenters. The van der Waals surface area contributed by atoms with E-state index in [-0.39, 0.29) is 11.9 Å². The topological polar surface area (TPSA) is 72.0 Å². The van der Waals surface area contributed by atoms with Gasteiger partial charge in [-0.2, -0.15) is 0 Å². The first kappa shape index (κ1) is 13.9. The third-order valence-electron chi connectivity index (χ3n) is 4.19. The number of para-hydroxylation sites is 1. The number of pyridine rings is 1. The third kappa shape index (κ3) is 2.84. The van der Waals surface area contributed by atoms with Gasteiger partial charge in [0.25, 0.3) is 0 Å². The number of hydrogen-bond donors (Lipinski definition) is 2. The molecule has 1 aromatic heterocycles. The Bertz CT molecular complexity index is 668. The van der Waals surface area contributed by atoms with Crippen molar-refractivity contribution in [3.8, 4) is 5.75 Å². The lowest BCUT2D eigenvalue weighted by Gasteiger charge is -2.28. The van der Waals surface area contributed by atoms with Crippen LogP contribution in [0.5, 0.6) is 5.75 Å². The number of fused-ring (bicyclic) bond motifs is 1. The van der Waals surface area contributed by atoms with Crippen LogP contribution in [0.3, 0.4) is 0 Å². The number of amidine groups is 1. The molecular weight excluding hydrogens is 262 g/mol. The van der Waals surface area contributed by atoms with Gasteiger partial charge in [0.2, 0.25) is 0 Å². The molecule has 0 amide bonds. The molecule has 1 saturated carbocycles. The van der Waals surface area contributed by atoms with Crippen molar-refractivity contribution in [3.63, 3.8) is 0 Å². The zero-order chi connectivity index (χ0) is 14.8. The summed E-state index contributed by atoms with van der Waals surface area (Å²) in [6.07, 6.45) is 6.46. The Morgan fingerprint density at radius 3 is 2.90 bits per heavy atom. The fourth-order valence-electron chi connectivity index (χ4n) is 3.09. The van der Waals surface area contributed by atoms with Crippen LogP contribution >= 0.6 is 0 Å². The summed E-state index contributed by atoms with van der Waals surface area (Å²) in [5, 5.41) is 8.70. The lowest BCUT2D eigenvalue weighted by molar-refractivity contribution is 0.130. The molecule has 0 aliphatic heterocycles. The van der Waals surface area contributed by atoms with Gasteiger partial charge in [-0.3, -0.25) is 10.4 Å². The molecule has 3 N–H and O–H groups in total. The van der Waals surface area contributed by atoms with Crippen LogP contribution in [-0.4, -0.2) is 16.9 Å². The molecule has 1 aromatic carbocycles. The van der Waals surface area contributed by atoms with Gasteiger partial charge in [-0.15, -0.1) is 0 Å². The first-order valence-corrected chi connectivity index (χ1v) is 7.54. The van der Waals surface area contributed by atoms with Crippen molar-refractivity contribution in [2.24, 2.45) is 11.7 Å². The SMILES string of the molecule is CC1CCCC(Oc2c(C(=N)N)cnc3ccccc23)C1. The second-order valence-electron chi connectivity index (χ2n) is 5.94. The van der Waals surface area contributed by atoms with Crippen molar-refractivity contribution in [1.29, 1.82) is 5.41 Å². The average Bonchev–Trinajstić information content (AvgIpc) is 2.47. The van der Waals surface area contributed by atoms with E-state index in [9.17, 15) is 0 Å². The van der Waals surface area contributed by atoms with Crippen LogP contribution in [-0.2, 0) is 0 Å². The molecule has 0 bridgehead atoms. The van der Waals surface area contributed by atoms with Gasteiger partial charge in [-0.1, -0.05) is 25.5 Å². The van der Waals surface area contributed by atoms with E-state index in [2.05, 4.69) is 11.9 Å². The van der Waals surface area contributed by atoms with Gasteiger partial charge in [0.1, 0.15) is 11.6 Å². The number of nitrogen functional groups attached to an aromatic ring is 1. The Hall–Kier alpha value is -2.10. The van der Waals surface area contributed by atoms with E-state index >= 15 is 0 Å². The van der Waals surface area contributed by atoms with E-state index < -0.39 is 0 Å². The summed E-state index contributed by atoms with van der Waals surface area (Å²) >= 11 is 0. The summed E-state index contributed by atoms with van der Waals surface area (Å²) in [7, 11) is 0. The fraction of sp³-hybridized carbons (Fsp3) is 0.412. The molecule has 1 heterocycles. The summed E-state index contributed by atoms with van der Waals surface area (Å²) in [5.41, 5.74) is 7.17. The number of ether oxygens (including phenoxy) is 1. The predicted octanol–water partition coefficient (Wildman–Crippen LogP) is 3.48. The van der Waals surface area contributed by atoms with Gasteiger partial charge in [0.05, 0.1) is 17.2 Å². The third-order valence-corrected chi connectivity index (χ3v) is 4.19. The lowest BCUT2D eigenvalue weighted by atomic mass is 9.88. The first-order chi connectivity index (χ1) is 10.1. The van der Waals surface area contributed by atoms with E-state index in [1.807, 2.05) is 24.3 Å². The van der Waals surface area contributed by atoms with Crippen LogP contribution < -0.4 is 10.5 Å². The highest BCUT2D eigenvalue weighted by Crippen LogP contribution is 2.33. The molecule has 1 fully saturated rings. The van der Waals surface area contributed by atoms with Gasteiger partial charge < -0.3 is 10.5 Å². The average molecular weight is 283 g/mol. The molecule has 4 nitrogen and oxygen atoms in total. The summed E-state index contributed by atoms with van der Waals surface area (Å²) in [6.45, 7) is 2.27. The maximum Gasteiger partial charge on any atom is 0.141 e. The molecule has 110 valence electrons. The smallest absolute Gasteiger partial charge is 0.141 e. The van der Waals surface area contributed by atoms with Crippen molar-refractivity contribution in [2.75, 3.05) is 0 Å². The monoisotopic (exact) mass is 283 g/mol. The van der Waals surface area contributed by atoms with Crippen molar-refractivity contribution in [1.82, 2.24) is 4.98 Å². The lowest BCUT2D eigenvalue weighted by Crippen LogP contribution is -2.25. The Labute approximate surface area is 124 Å². The van der Waals surface area contributed by atoms with Crippen molar-refractivity contribution in [3.05, 3.63) is 36.0 Å². The fourth-order valence-corrected chi connectivity index (χ4v) is 3.09. The summed E-state index contributed by atoms with van der Waals surface area (Å²) < 4.78 is 6.27. The molecule has 4 heteroatoms. The van der Waals surface area contributed by atoms with Gasteiger partial charge in [-0.25, -0.2) is 0 Å². The number of nitrogens with one attached hydrogen (secondary N) is 1. The molecular formula is C17H21N3O. The van der Waals surface area contributed by atoms with E-state index in [0.29, 0.717) is 17.2 Å². The quantitative estimate of drug-likeness (QED) is 0.669. The van der Waals surface area contributed by atoms with Crippen LogP contribution in [0.25, 0.3) is 10.9 Å². The van der Waals surface area contributed by atoms with Gasteiger partial charge in [0, 0.05) is 11.6 Å². The number of nitrogens with two attached hydrogens (primary N) is 1. The maximum absolute atomic E-state index is 7.77. The normalized spacial score (nSPS) is 22.1. The molecule has 2 aromatic rings. The number of rotatable bonds is 3. The molecule has 0 spiro atoms. The first-order valence-electron chi connectivity index (χ1n) is 7.54. The van der Waals surface area contributed by atoms with Crippen LogP contribution in [0.1, 0.15) is 38.2 Å². The molecule has 1 aliphatic carbocycles. The van der Waals surface area contributed by atoms with E-state index in [0.717, 1.165) is 23.7 Å². The highest BCUT2D eigenvalue weighted by molar-refractivity contribution is 6.02. The Kier molecular flexibility index (Phi) is 3.78. The summed E-state index contributed by atoms with van der Waals surface area (Å²) in [4.78, 5) is 4.37. The van der Waals surface area contributed by atoms with Crippen molar-refractivity contribution >= 4 is 16.7 Å². The van der Waals surface area contributed by atoms with Crippen molar-refractivity contribution in [2.45, 2.75) is 38.7 Å². The molecule has 3 rings (SSSR count). The van der Waals surface area contributed by atoms with Crippen LogP contribution in [0, 0.1) is 11.3 Å². The minimum Gasteiger partial charge on any atom is -0.489 e. The summed E-state index contributed by atoms with van der Waals surface area (Å²) in [5.74, 6) is 1.41. The second kappa shape index (κ2) is 5.72. The Balaban J connectivity index is 2.01. The van der Waals surface area contributed by atoms with Gasteiger partial charge in [-0.05, 0) is 37.3 Å². The highest BCUT2D eigenvalue weighted by atomic mass is 16.5. The maximum atomic E-state index is 7.77. The number of nitrogens with zero attached hydrogens (tertiary/aromatic N) is 1. The molecule has 0 saturated heterocycles. The standard InChI is InChI=1S/C17H21N3O/c1-11-5-4-6-12(9-11)21-16-13-7-2-3-8-15(13)20-10-14(16)17(18)19/h2-3,7-8,10-12H,4-6,9H2,1H3,(H3,18,19). The summed E-state index contributed by atoms with van der Waals surface area (Å²) in [6, 6.07) is 7.85. The second-order valence-corrected chi connectivity index (χ2v) is 5.94. The zero-order valence-corrected chi connectivity index (χ0v) is 12.3. The molecule has 0 radical (unpaired) electrons. The Morgan fingerprint density at radius 2 is 2.14 bits per heavy atom. The highest BCUT2D eigenvalue weighted by Gasteiger charge is 2.23. The van der Waals surface area contributed by atoms with Crippen molar-refractivity contribution < 1.29 is 4.74 Å². The minimum absolute atomic E-state index is 0.00658. The minimum atomic E-state index is 0.00658. The predicted molar refractivity (Wildman–Crippen MR) is 84.8 cm³/mol. The van der Waals surface area contributed by atoms with Crippen LogP contribution in [0.15, 0.2) is 30.5 Å². The molecule has 21 heavy (non-hydrogen) atoms. The zero-order valence-electron chi connectivity index (χ0n) is 12.3. The number of benzene rings is 1. The van der Waals surface area contributed by atoms with Gasteiger partial charge >= 0.3 is 0 Å².